The van der Waals surface area contributed by atoms with Gasteiger partial charge in [-0.2, -0.15) is 17.9 Å². The Morgan fingerprint density at radius 1 is 1.09 bits per heavy atom. The van der Waals surface area contributed by atoms with E-state index < -0.39 is 16.1 Å². The number of sulfonamides is 1. The van der Waals surface area contributed by atoms with Crippen LogP contribution in [0.1, 0.15) is 23.8 Å². The number of halogens is 1. The van der Waals surface area contributed by atoms with Gasteiger partial charge in [0.05, 0.1) is 29.8 Å². The lowest BCUT2D eigenvalue weighted by Gasteiger charge is -2.24. The standard InChI is InChI=1S/C23H18ClN3O4S/c1-30-16-10-9-15-12-18(23(24)25-19(15)13-16)21-14-20(22-8-5-11-31-22)26-27(21)32(28,29)17-6-3-2-4-7-17/h2-13,21H,14H2,1H3/t21-/m0/s1. The molecule has 4 aromatic rings. The number of hydrogen-bond acceptors (Lipinski definition) is 6. The second-order valence-electron chi connectivity index (χ2n) is 7.26. The first-order valence-corrected chi connectivity index (χ1v) is 11.6. The third kappa shape index (κ3) is 3.51. The number of fused-ring (bicyclic) bond motifs is 1. The van der Waals surface area contributed by atoms with E-state index >= 15 is 0 Å². The van der Waals surface area contributed by atoms with Gasteiger partial charge < -0.3 is 9.15 Å². The highest BCUT2D eigenvalue weighted by molar-refractivity contribution is 7.89. The number of aromatic nitrogens is 1. The summed E-state index contributed by atoms with van der Waals surface area (Å²) < 4.78 is 38.8. The first kappa shape index (κ1) is 20.5. The van der Waals surface area contributed by atoms with Crippen LogP contribution in [-0.4, -0.2) is 30.6 Å². The van der Waals surface area contributed by atoms with Crippen LogP contribution in [0.2, 0.25) is 5.15 Å². The molecule has 3 heterocycles. The quantitative estimate of drug-likeness (QED) is 0.384. The van der Waals surface area contributed by atoms with E-state index in [4.69, 9.17) is 20.8 Å². The Kier molecular flexibility index (Phi) is 5.11. The minimum atomic E-state index is -3.94. The number of benzene rings is 2. The molecule has 0 saturated heterocycles. The minimum Gasteiger partial charge on any atom is -0.497 e. The average molecular weight is 468 g/mol. The maximum Gasteiger partial charge on any atom is 0.279 e. The molecule has 5 rings (SSSR count). The fourth-order valence-electron chi connectivity index (χ4n) is 3.73. The van der Waals surface area contributed by atoms with Crippen LogP contribution >= 0.6 is 11.6 Å². The third-order valence-electron chi connectivity index (χ3n) is 5.33. The average Bonchev–Trinajstić information content (AvgIpc) is 3.49. The van der Waals surface area contributed by atoms with Gasteiger partial charge in [0.15, 0.2) is 0 Å². The summed E-state index contributed by atoms with van der Waals surface area (Å²) in [4.78, 5) is 4.64. The van der Waals surface area contributed by atoms with Crippen LogP contribution in [-0.2, 0) is 10.0 Å². The zero-order valence-corrected chi connectivity index (χ0v) is 18.5. The summed E-state index contributed by atoms with van der Waals surface area (Å²) >= 11 is 6.57. The Morgan fingerprint density at radius 3 is 2.62 bits per heavy atom. The number of furan rings is 1. The van der Waals surface area contributed by atoms with E-state index in [1.54, 1.807) is 55.6 Å². The Bertz CT molecular complexity index is 1420. The fraction of sp³-hybridized carbons (Fsp3) is 0.130. The van der Waals surface area contributed by atoms with E-state index in [9.17, 15) is 8.42 Å². The summed E-state index contributed by atoms with van der Waals surface area (Å²) in [6.45, 7) is 0. The van der Waals surface area contributed by atoms with Crippen molar-refractivity contribution >= 4 is 38.2 Å². The molecule has 7 nitrogen and oxygen atoms in total. The molecule has 0 N–H and O–H groups in total. The second kappa shape index (κ2) is 7.96. The summed E-state index contributed by atoms with van der Waals surface area (Å²) in [7, 11) is -2.36. The maximum atomic E-state index is 13.5. The predicted octanol–water partition coefficient (Wildman–Crippen LogP) is 5.03. The van der Waals surface area contributed by atoms with Crippen molar-refractivity contribution in [1.29, 1.82) is 0 Å². The van der Waals surface area contributed by atoms with Gasteiger partial charge >= 0.3 is 0 Å². The molecule has 2 aromatic heterocycles. The molecule has 1 aliphatic rings. The highest BCUT2D eigenvalue weighted by Gasteiger charge is 2.39. The molecule has 1 aliphatic heterocycles. The van der Waals surface area contributed by atoms with Crippen LogP contribution in [0.15, 0.2) is 87.4 Å². The zero-order chi connectivity index (χ0) is 22.3. The normalized spacial score (nSPS) is 16.4. The Balaban J connectivity index is 1.64. The summed E-state index contributed by atoms with van der Waals surface area (Å²) in [5.74, 6) is 1.17. The van der Waals surface area contributed by atoms with Crippen LogP contribution in [0.5, 0.6) is 5.75 Å². The molecule has 0 bridgehead atoms. The largest absolute Gasteiger partial charge is 0.497 e. The Hall–Kier alpha value is -3.36. The van der Waals surface area contributed by atoms with E-state index in [2.05, 4.69) is 10.1 Å². The Labute approximate surface area is 189 Å². The van der Waals surface area contributed by atoms with Crippen molar-refractivity contribution in [1.82, 2.24) is 9.40 Å². The summed E-state index contributed by atoms with van der Waals surface area (Å²) in [5.41, 5.74) is 1.74. The van der Waals surface area contributed by atoms with Crippen molar-refractivity contribution in [3.63, 3.8) is 0 Å². The SMILES string of the molecule is COc1ccc2cc([C@@H]3CC(c4ccco4)=NN3S(=O)(=O)c3ccccc3)c(Cl)nc2c1. The number of ether oxygens (including phenoxy) is 1. The van der Waals surface area contributed by atoms with Gasteiger partial charge in [0.1, 0.15) is 22.4 Å². The smallest absolute Gasteiger partial charge is 0.279 e. The summed E-state index contributed by atoms with van der Waals surface area (Å²) in [5, 5.41) is 5.47. The molecule has 162 valence electrons. The van der Waals surface area contributed by atoms with Crippen molar-refractivity contribution in [2.24, 2.45) is 5.10 Å². The Morgan fingerprint density at radius 2 is 1.91 bits per heavy atom. The van der Waals surface area contributed by atoms with Gasteiger partial charge in [0, 0.05) is 23.4 Å². The minimum absolute atomic E-state index is 0.143. The number of pyridine rings is 1. The maximum absolute atomic E-state index is 13.5. The molecule has 0 radical (unpaired) electrons. The molecule has 0 spiro atoms. The van der Waals surface area contributed by atoms with Gasteiger partial charge in [0.25, 0.3) is 10.0 Å². The molecule has 9 heteroatoms. The first-order valence-electron chi connectivity index (χ1n) is 9.82. The lowest BCUT2D eigenvalue weighted by molar-refractivity contribution is 0.371. The van der Waals surface area contributed by atoms with Crippen LogP contribution in [0, 0.1) is 0 Å². The van der Waals surface area contributed by atoms with Crippen LogP contribution < -0.4 is 4.74 Å². The summed E-state index contributed by atoms with van der Waals surface area (Å²) in [6.07, 6.45) is 1.82. The highest BCUT2D eigenvalue weighted by atomic mass is 35.5. The second-order valence-corrected chi connectivity index (χ2v) is 9.42. The number of rotatable bonds is 5. The first-order chi connectivity index (χ1) is 15.5. The topological polar surface area (TPSA) is 85.0 Å². The van der Waals surface area contributed by atoms with Crippen molar-refractivity contribution in [2.45, 2.75) is 17.4 Å². The molecule has 2 aromatic carbocycles. The van der Waals surface area contributed by atoms with Gasteiger partial charge in [-0.3, -0.25) is 0 Å². The highest BCUT2D eigenvalue weighted by Crippen LogP contribution is 2.40. The van der Waals surface area contributed by atoms with Gasteiger partial charge in [-0.1, -0.05) is 29.8 Å². The molecule has 0 saturated carbocycles. The van der Waals surface area contributed by atoms with Crippen LogP contribution in [0.3, 0.4) is 0 Å². The van der Waals surface area contributed by atoms with Crippen molar-refractivity contribution in [3.05, 3.63) is 89.5 Å². The van der Waals surface area contributed by atoms with Gasteiger partial charge in [-0.25, -0.2) is 4.98 Å². The van der Waals surface area contributed by atoms with E-state index in [0.717, 1.165) is 9.80 Å². The van der Waals surface area contributed by atoms with E-state index in [1.165, 1.54) is 6.26 Å². The molecule has 0 unspecified atom stereocenters. The van der Waals surface area contributed by atoms with Crippen LogP contribution in [0.4, 0.5) is 0 Å². The number of hydrazone groups is 1. The van der Waals surface area contributed by atoms with Crippen LogP contribution in [0.25, 0.3) is 10.9 Å². The molecular formula is C23H18ClN3O4S. The molecular weight excluding hydrogens is 450 g/mol. The molecule has 0 amide bonds. The van der Waals surface area contributed by atoms with Gasteiger partial charge in [0.2, 0.25) is 0 Å². The lowest BCUT2D eigenvalue weighted by atomic mass is 10.0. The number of nitrogens with zero attached hydrogens (tertiary/aromatic N) is 3. The third-order valence-corrected chi connectivity index (χ3v) is 7.33. The van der Waals surface area contributed by atoms with E-state index in [-0.39, 0.29) is 10.0 Å². The van der Waals surface area contributed by atoms with Crippen molar-refractivity contribution in [2.75, 3.05) is 7.11 Å². The van der Waals surface area contributed by atoms with Gasteiger partial charge in [-0.05, 0) is 42.5 Å². The monoisotopic (exact) mass is 467 g/mol. The number of methoxy groups -OCH3 is 1. The molecule has 0 aliphatic carbocycles. The molecule has 0 fully saturated rings. The molecule has 32 heavy (non-hydrogen) atoms. The van der Waals surface area contributed by atoms with Crippen molar-refractivity contribution in [3.8, 4) is 5.75 Å². The van der Waals surface area contributed by atoms with Gasteiger partial charge in [-0.15, -0.1) is 0 Å². The number of hydrogen-bond donors (Lipinski definition) is 0. The van der Waals surface area contributed by atoms with E-state index in [1.807, 2.05) is 18.2 Å². The fourth-order valence-corrected chi connectivity index (χ4v) is 5.45. The predicted molar refractivity (Wildman–Crippen MR) is 121 cm³/mol. The summed E-state index contributed by atoms with van der Waals surface area (Å²) in [6, 6.07) is 18.3. The zero-order valence-electron chi connectivity index (χ0n) is 17.0. The lowest BCUT2D eigenvalue weighted by Crippen LogP contribution is -2.27. The molecule has 1 atom stereocenters. The van der Waals surface area contributed by atoms with Crippen molar-refractivity contribution < 1.29 is 17.6 Å². The van der Waals surface area contributed by atoms with E-state index in [0.29, 0.717) is 34.7 Å².